The van der Waals surface area contributed by atoms with Crippen molar-refractivity contribution in [1.82, 2.24) is 0 Å². The minimum absolute atomic E-state index is 0.109. The van der Waals surface area contributed by atoms with Crippen molar-refractivity contribution < 1.29 is 80.2 Å². The lowest BCUT2D eigenvalue weighted by molar-refractivity contribution is -0.161. The molecule has 0 aromatic heterocycles. The Morgan fingerprint density at radius 2 is 0.438 bits per heavy atom. The number of esters is 4. The van der Waals surface area contributed by atoms with E-state index in [9.17, 15) is 43.2 Å². The number of aliphatic hydroxyl groups is 1. The van der Waals surface area contributed by atoms with Gasteiger partial charge in [-0.2, -0.15) is 0 Å². The zero-order valence-corrected chi connectivity index (χ0v) is 70.7. The molecule has 0 aromatic rings. The minimum Gasteiger partial charge on any atom is -0.462 e. The molecule has 0 rings (SSSR count). The predicted molar refractivity (Wildman–Crippen MR) is 432 cm³/mol. The summed E-state index contributed by atoms with van der Waals surface area (Å²) in [6, 6.07) is 0. The van der Waals surface area contributed by atoms with Crippen molar-refractivity contribution in [3.8, 4) is 0 Å². The average Bonchev–Trinajstić information content (AvgIpc) is 0.912. The maximum absolute atomic E-state index is 13.1. The van der Waals surface area contributed by atoms with Gasteiger partial charge in [0.15, 0.2) is 12.2 Å². The van der Waals surface area contributed by atoms with Crippen LogP contribution in [-0.4, -0.2) is 96.7 Å². The first-order chi connectivity index (χ1) is 51.0. The van der Waals surface area contributed by atoms with Crippen LogP contribution in [0, 0.1) is 5.92 Å². The number of hydrogen-bond donors (Lipinski definition) is 3. The molecule has 0 fully saturated rings. The summed E-state index contributed by atoms with van der Waals surface area (Å²) in [6.45, 7) is 7.40. The van der Waals surface area contributed by atoms with Crippen LogP contribution in [0.5, 0.6) is 0 Å². The van der Waals surface area contributed by atoms with Gasteiger partial charge in [0.2, 0.25) is 0 Å². The monoisotopic (exact) mass is 1540 g/mol. The molecule has 0 bridgehead atoms. The molecule has 0 radical (unpaired) electrons. The summed E-state index contributed by atoms with van der Waals surface area (Å²) >= 11 is 0. The largest absolute Gasteiger partial charge is 0.472 e. The van der Waals surface area contributed by atoms with Crippen molar-refractivity contribution in [3.63, 3.8) is 0 Å². The van der Waals surface area contributed by atoms with E-state index in [4.69, 9.17) is 37.0 Å². The van der Waals surface area contributed by atoms with Crippen LogP contribution < -0.4 is 0 Å². The van der Waals surface area contributed by atoms with Crippen molar-refractivity contribution >= 4 is 39.5 Å². The van der Waals surface area contributed by atoms with E-state index in [1.165, 1.54) is 289 Å². The number of unbranched alkanes of at least 4 members (excludes halogenated alkanes) is 58. The number of carbonyl (C=O) groups excluding carboxylic acids is 4. The Hall–Kier alpha value is -1.94. The Morgan fingerprint density at radius 3 is 0.648 bits per heavy atom. The molecular formula is C86H168O17P2. The van der Waals surface area contributed by atoms with Crippen molar-refractivity contribution in [2.24, 2.45) is 5.92 Å². The van der Waals surface area contributed by atoms with E-state index in [1.54, 1.807) is 0 Å². The van der Waals surface area contributed by atoms with Gasteiger partial charge in [-0.25, -0.2) is 9.13 Å². The molecule has 0 amide bonds. The number of phosphoric acid groups is 2. The molecule has 0 aromatic carbocycles. The summed E-state index contributed by atoms with van der Waals surface area (Å²) in [7, 11) is -9.93. The molecule has 0 aliphatic rings. The third-order valence-corrected chi connectivity index (χ3v) is 22.2. The summed E-state index contributed by atoms with van der Waals surface area (Å²) in [5.41, 5.74) is 0. The topological polar surface area (TPSA) is 237 Å². The van der Waals surface area contributed by atoms with E-state index in [1.807, 2.05) is 0 Å². The first kappa shape index (κ1) is 103. The van der Waals surface area contributed by atoms with Gasteiger partial charge >= 0.3 is 39.5 Å². The van der Waals surface area contributed by atoms with Gasteiger partial charge in [0.1, 0.15) is 19.3 Å². The highest BCUT2D eigenvalue weighted by molar-refractivity contribution is 7.47. The van der Waals surface area contributed by atoms with E-state index in [2.05, 4.69) is 34.6 Å². The van der Waals surface area contributed by atoms with Gasteiger partial charge in [0.05, 0.1) is 26.4 Å². The summed E-state index contributed by atoms with van der Waals surface area (Å²) in [4.78, 5) is 73.3. The molecule has 0 heterocycles. The number of carbonyl (C=O) groups is 4. The van der Waals surface area contributed by atoms with Crippen LogP contribution in [0.25, 0.3) is 0 Å². The molecule has 17 nitrogen and oxygen atoms in total. The van der Waals surface area contributed by atoms with Crippen molar-refractivity contribution in [2.45, 2.75) is 483 Å². The van der Waals surface area contributed by atoms with Gasteiger partial charge < -0.3 is 33.8 Å². The standard InChI is InChI=1S/C86H168O17P2/c1-6-9-12-15-18-21-24-27-29-31-35-40-45-50-55-60-65-70-84(89)97-76-82(103-86(91)72-67-62-57-52-47-42-37-33-34-39-43-48-53-58-63-68-79(4)5)78-101-105(94,95)99-74-80(87)73-98-104(92,93)100-77-81(75-96-83(88)69-64-59-54-49-44-38-26-23-20-17-14-11-8-3)102-85(90)71-66-61-56-51-46-41-36-32-30-28-25-22-19-16-13-10-7-2/h79-82,87H,6-78H2,1-5H3,(H,92,93)(H,94,95)/t80-,81+,82+/m0/s1. The lowest BCUT2D eigenvalue weighted by atomic mass is 10.0. The summed E-state index contributed by atoms with van der Waals surface area (Å²) < 4.78 is 69.0. The van der Waals surface area contributed by atoms with Crippen molar-refractivity contribution in [1.29, 1.82) is 0 Å². The fourth-order valence-electron chi connectivity index (χ4n) is 13.5. The summed E-state index contributed by atoms with van der Waals surface area (Å²) in [6.07, 6.45) is 72.0. The number of phosphoric ester groups is 2. The molecule has 0 saturated heterocycles. The Balaban J connectivity index is 5.27. The molecule has 624 valence electrons. The van der Waals surface area contributed by atoms with E-state index in [0.29, 0.717) is 25.7 Å². The maximum Gasteiger partial charge on any atom is 0.472 e. The van der Waals surface area contributed by atoms with Gasteiger partial charge in [-0.15, -0.1) is 0 Å². The van der Waals surface area contributed by atoms with E-state index >= 15 is 0 Å². The minimum atomic E-state index is -4.97. The highest BCUT2D eigenvalue weighted by Gasteiger charge is 2.30. The lowest BCUT2D eigenvalue weighted by Crippen LogP contribution is -2.30. The van der Waals surface area contributed by atoms with Crippen LogP contribution in [0.3, 0.4) is 0 Å². The molecular weight excluding hydrogens is 1370 g/mol. The lowest BCUT2D eigenvalue weighted by Gasteiger charge is -2.21. The molecule has 5 atom stereocenters. The Bertz CT molecular complexity index is 2000. The first-order valence-electron chi connectivity index (χ1n) is 44.6. The third kappa shape index (κ3) is 79.9. The Labute approximate surface area is 645 Å². The molecule has 0 aliphatic carbocycles. The maximum atomic E-state index is 13.1. The van der Waals surface area contributed by atoms with Gasteiger partial charge in [-0.05, 0) is 31.6 Å². The fraction of sp³-hybridized carbons (Fsp3) is 0.953. The Morgan fingerprint density at radius 1 is 0.257 bits per heavy atom. The van der Waals surface area contributed by atoms with Gasteiger partial charge in [0, 0.05) is 25.7 Å². The van der Waals surface area contributed by atoms with Crippen molar-refractivity contribution in [3.05, 3.63) is 0 Å². The van der Waals surface area contributed by atoms with Crippen LogP contribution in [0.1, 0.15) is 465 Å². The molecule has 0 spiro atoms. The second kappa shape index (κ2) is 78.7. The first-order valence-corrected chi connectivity index (χ1v) is 47.6. The fourth-order valence-corrected chi connectivity index (χ4v) is 15.1. The molecule has 105 heavy (non-hydrogen) atoms. The van der Waals surface area contributed by atoms with E-state index in [-0.39, 0.29) is 25.7 Å². The average molecular weight is 1540 g/mol. The zero-order valence-electron chi connectivity index (χ0n) is 68.9. The molecule has 0 aliphatic heterocycles. The van der Waals surface area contributed by atoms with Gasteiger partial charge in [0.25, 0.3) is 0 Å². The third-order valence-electron chi connectivity index (χ3n) is 20.3. The summed E-state index contributed by atoms with van der Waals surface area (Å²) in [5, 5.41) is 10.7. The molecule has 2 unspecified atom stereocenters. The number of aliphatic hydroxyl groups excluding tert-OH is 1. The molecule has 19 heteroatoms. The molecule has 0 saturated carbocycles. The van der Waals surface area contributed by atoms with E-state index < -0.39 is 97.5 Å². The smallest absolute Gasteiger partial charge is 0.462 e. The van der Waals surface area contributed by atoms with Gasteiger partial charge in [-0.3, -0.25) is 37.3 Å². The second-order valence-corrected chi connectivity index (χ2v) is 34.3. The predicted octanol–water partition coefficient (Wildman–Crippen LogP) is 26.4. The number of hydrogen-bond acceptors (Lipinski definition) is 15. The second-order valence-electron chi connectivity index (χ2n) is 31.4. The van der Waals surface area contributed by atoms with E-state index in [0.717, 1.165) is 95.8 Å². The van der Waals surface area contributed by atoms with Crippen LogP contribution in [0.15, 0.2) is 0 Å². The summed E-state index contributed by atoms with van der Waals surface area (Å²) in [5.74, 6) is -1.29. The van der Waals surface area contributed by atoms with Crippen LogP contribution >= 0.6 is 15.6 Å². The van der Waals surface area contributed by atoms with Crippen LogP contribution in [-0.2, 0) is 65.4 Å². The van der Waals surface area contributed by atoms with Crippen LogP contribution in [0.2, 0.25) is 0 Å². The highest BCUT2D eigenvalue weighted by Crippen LogP contribution is 2.45. The highest BCUT2D eigenvalue weighted by atomic mass is 31.2. The molecule has 3 N–H and O–H groups in total. The normalized spacial score (nSPS) is 13.8. The van der Waals surface area contributed by atoms with Crippen LogP contribution in [0.4, 0.5) is 0 Å². The zero-order chi connectivity index (χ0) is 76.9. The number of ether oxygens (including phenoxy) is 4. The quantitative estimate of drug-likeness (QED) is 0.0222. The Kier molecular flexibility index (Phi) is 77.3. The van der Waals surface area contributed by atoms with Gasteiger partial charge in [-0.1, -0.05) is 413 Å². The van der Waals surface area contributed by atoms with Crippen molar-refractivity contribution in [2.75, 3.05) is 39.6 Å². The SMILES string of the molecule is CCCCCCCCCCCCCCCCCCCC(=O)OC[C@H](COP(=O)(O)OC[C@@H](O)COP(=O)(O)OC[C@@H](COC(=O)CCCCCCCCCCCCCCC)OC(=O)CCCCCCCCCCCCCCCCCCC)OC(=O)CCCCCCCCCCCCCCCCCC(C)C. The number of rotatable bonds is 86.